The number of piperazine rings is 1. The Hall–Kier alpha value is -3.36. The van der Waals surface area contributed by atoms with Crippen molar-refractivity contribution >= 4 is 29.0 Å². The van der Waals surface area contributed by atoms with Gasteiger partial charge in [0.2, 0.25) is 0 Å². The van der Waals surface area contributed by atoms with Gasteiger partial charge in [-0.2, -0.15) is 13.2 Å². The van der Waals surface area contributed by atoms with Gasteiger partial charge in [-0.25, -0.2) is 0 Å². The fourth-order valence-corrected chi connectivity index (χ4v) is 5.31. The smallest absolute Gasteiger partial charge is 0.416 e. The Morgan fingerprint density at radius 2 is 1.62 bits per heavy atom. The van der Waals surface area contributed by atoms with E-state index in [1.54, 1.807) is 30.3 Å². The number of hydrogen-bond acceptors (Lipinski definition) is 5. The number of unbranched alkanes of at least 4 members (excludes halogenated alkanes) is 2. The van der Waals surface area contributed by atoms with E-state index in [4.69, 9.17) is 16.3 Å². The van der Waals surface area contributed by atoms with Crippen LogP contribution in [-0.4, -0.2) is 56.0 Å². The van der Waals surface area contributed by atoms with E-state index in [1.165, 1.54) is 12.1 Å². The van der Waals surface area contributed by atoms with E-state index < -0.39 is 11.7 Å². The summed E-state index contributed by atoms with van der Waals surface area (Å²) in [5, 5.41) is 0.592. The van der Waals surface area contributed by atoms with Crippen LogP contribution in [0.4, 0.5) is 18.9 Å². The van der Waals surface area contributed by atoms with Crippen molar-refractivity contribution in [2.45, 2.75) is 45.2 Å². The molecule has 0 radical (unpaired) electrons. The lowest BCUT2D eigenvalue weighted by Crippen LogP contribution is -2.47. The van der Waals surface area contributed by atoms with Gasteiger partial charge in [0.15, 0.2) is 5.78 Å². The fourth-order valence-electron chi connectivity index (χ4n) is 5.19. The Bertz CT molecular complexity index is 1350. The van der Waals surface area contributed by atoms with E-state index in [2.05, 4.69) is 4.90 Å². The molecule has 224 valence electrons. The lowest BCUT2D eigenvalue weighted by molar-refractivity contribution is -0.144. The molecule has 0 bridgehead atoms. The zero-order chi connectivity index (χ0) is 30.1. The van der Waals surface area contributed by atoms with Crippen LogP contribution in [0.1, 0.15) is 58.3 Å². The molecule has 3 aromatic carbocycles. The van der Waals surface area contributed by atoms with Gasteiger partial charge in [0.05, 0.1) is 5.56 Å². The average molecular weight is 601 g/mol. The standard InChI is InChI=1S/C33H36ClF3N2O3/c1-24-25(8-5-11-30(24)32(41)26-13-15-28(34)16-14-26)7-3-2-4-12-31(40)42-22-21-38-17-19-39(20-18-38)29-10-6-9-27(23-29)33(35,36)37/h5-6,8-11,13-16,23H,2-4,7,12,17-22H2,1H3. The number of ether oxygens (including phenoxy) is 1. The summed E-state index contributed by atoms with van der Waals surface area (Å²) in [7, 11) is 0. The second-order valence-corrected chi connectivity index (χ2v) is 11.0. The number of nitrogens with zero attached hydrogens (tertiary/aromatic N) is 2. The molecule has 0 saturated carbocycles. The Kier molecular flexibility index (Phi) is 11.0. The predicted molar refractivity (Wildman–Crippen MR) is 159 cm³/mol. The minimum Gasteiger partial charge on any atom is -0.464 e. The van der Waals surface area contributed by atoms with Gasteiger partial charge in [-0.15, -0.1) is 0 Å². The normalized spacial score (nSPS) is 14.2. The second-order valence-electron chi connectivity index (χ2n) is 10.6. The van der Waals surface area contributed by atoms with Gasteiger partial charge in [0.25, 0.3) is 0 Å². The van der Waals surface area contributed by atoms with Gasteiger partial charge in [0.1, 0.15) is 6.61 Å². The van der Waals surface area contributed by atoms with Gasteiger partial charge in [-0.3, -0.25) is 14.5 Å². The molecule has 0 atom stereocenters. The zero-order valence-electron chi connectivity index (χ0n) is 23.8. The minimum atomic E-state index is -4.35. The first kappa shape index (κ1) is 31.6. The first-order chi connectivity index (χ1) is 20.1. The Morgan fingerprint density at radius 1 is 0.905 bits per heavy atom. The van der Waals surface area contributed by atoms with Crippen molar-refractivity contribution in [1.29, 1.82) is 0 Å². The topological polar surface area (TPSA) is 49.9 Å². The number of hydrogen-bond donors (Lipinski definition) is 0. The summed E-state index contributed by atoms with van der Waals surface area (Å²) in [6, 6.07) is 18.1. The molecule has 4 rings (SSSR count). The number of esters is 1. The summed E-state index contributed by atoms with van der Waals surface area (Å²) in [6.45, 7) is 5.50. The highest BCUT2D eigenvalue weighted by atomic mass is 35.5. The van der Waals surface area contributed by atoms with E-state index in [1.807, 2.05) is 30.0 Å². The van der Waals surface area contributed by atoms with Crippen LogP contribution >= 0.6 is 11.6 Å². The maximum absolute atomic E-state index is 13.0. The third kappa shape index (κ3) is 8.82. The first-order valence-electron chi connectivity index (χ1n) is 14.3. The predicted octanol–water partition coefficient (Wildman–Crippen LogP) is 7.37. The molecule has 1 aliphatic rings. The lowest BCUT2D eigenvalue weighted by Gasteiger charge is -2.36. The van der Waals surface area contributed by atoms with Crippen molar-refractivity contribution in [3.63, 3.8) is 0 Å². The van der Waals surface area contributed by atoms with Crippen LogP contribution in [0.2, 0.25) is 5.02 Å². The van der Waals surface area contributed by atoms with E-state index in [0.717, 1.165) is 42.9 Å². The summed E-state index contributed by atoms with van der Waals surface area (Å²) < 4.78 is 44.5. The highest BCUT2D eigenvalue weighted by Crippen LogP contribution is 2.32. The number of aryl methyl sites for hydroxylation is 1. The van der Waals surface area contributed by atoms with Crippen molar-refractivity contribution in [3.8, 4) is 0 Å². The number of anilines is 1. The number of rotatable bonds is 12. The van der Waals surface area contributed by atoms with Crippen molar-refractivity contribution in [2.24, 2.45) is 0 Å². The molecule has 0 amide bonds. The molecule has 0 aliphatic carbocycles. The lowest BCUT2D eigenvalue weighted by atomic mass is 9.93. The molecule has 0 aromatic heterocycles. The van der Waals surface area contributed by atoms with Crippen molar-refractivity contribution in [1.82, 2.24) is 4.90 Å². The van der Waals surface area contributed by atoms with Gasteiger partial charge in [-0.1, -0.05) is 42.3 Å². The van der Waals surface area contributed by atoms with Crippen molar-refractivity contribution in [3.05, 3.63) is 99.6 Å². The molecule has 0 spiro atoms. The third-order valence-corrected chi connectivity index (χ3v) is 7.96. The molecule has 3 aromatic rings. The number of benzene rings is 3. The van der Waals surface area contributed by atoms with Crippen molar-refractivity contribution in [2.75, 3.05) is 44.2 Å². The monoisotopic (exact) mass is 600 g/mol. The molecular weight excluding hydrogens is 565 g/mol. The molecule has 1 fully saturated rings. The molecule has 9 heteroatoms. The maximum atomic E-state index is 13.0. The van der Waals surface area contributed by atoms with Crippen LogP contribution in [-0.2, 0) is 22.1 Å². The van der Waals surface area contributed by atoms with Gasteiger partial charge in [0, 0.05) is 61.0 Å². The quantitative estimate of drug-likeness (QED) is 0.123. The molecule has 0 N–H and O–H groups in total. The molecule has 5 nitrogen and oxygen atoms in total. The summed E-state index contributed by atoms with van der Waals surface area (Å²) >= 11 is 5.95. The highest BCUT2D eigenvalue weighted by Gasteiger charge is 2.31. The van der Waals surface area contributed by atoms with Crippen LogP contribution in [0.5, 0.6) is 0 Å². The summed E-state index contributed by atoms with van der Waals surface area (Å²) in [6.07, 6.45) is -0.652. The van der Waals surface area contributed by atoms with Gasteiger partial charge < -0.3 is 9.64 Å². The Balaban J connectivity index is 1.11. The average Bonchev–Trinajstić information content (AvgIpc) is 2.98. The molecule has 1 saturated heterocycles. The number of alkyl halides is 3. The largest absolute Gasteiger partial charge is 0.464 e. The van der Waals surface area contributed by atoms with Crippen LogP contribution < -0.4 is 4.90 Å². The number of carbonyl (C=O) groups is 2. The molecule has 1 aliphatic heterocycles. The zero-order valence-corrected chi connectivity index (χ0v) is 24.5. The SMILES string of the molecule is Cc1c(CCCCCC(=O)OCCN2CCN(c3cccc(C(F)(F)F)c3)CC2)cccc1C(=O)c1ccc(Cl)cc1. The van der Waals surface area contributed by atoms with E-state index in [0.29, 0.717) is 67.6 Å². The summed E-state index contributed by atoms with van der Waals surface area (Å²) in [5.74, 6) is -0.240. The second kappa shape index (κ2) is 14.7. The first-order valence-corrected chi connectivity index (χ1v) is 14.7. The van der Waals surface area contributed by atoms with Gasteiger partial charge >= 0.3 is 12.1 Å². The highest BCUT2D eigenvalue weighted by molar-refractivity contribution is 6.30. The van der Waals surface area contributed by atoms with E-state index >= 15 is 0 Å². The van der Waals surface area contributed by atoms with Crippen molar-refractivity contribution < 1.29 is 27.5 Å². The van der Waals surface area contributed by atoms with Crippen LogP contribution in [0, 0.1) is 6.92 Å². The number of halogens is 4. The minimum absolute atomic E-state index is 0.0219. The Morgan fingerprint density at radius 3 is 2.33 bits per heavy atom. The summed E-state index contributed by atoms with van der Waals surface area (Å²) in [4.78, 5) is 29.3. The fraction of sp³-hybridized carbons (Fsp3) is 0.394. The molecular formula is C33H36ClF3N2O3. The Labute approximate surface area is 250 Å². The van der Waals surface area contributed by atoms with Crippen LogP contribution in [0.3, 0.4) is 0 Å². The van der Waals surface area contributed by atoms with E-state index in [-0.39, 0.29) is 11.8 Å². The van der Waals surface area contributed by atoms with Crippen LogP contribution in [0.25, 0.3) is 0 Å². The maximum Gasteiger partial charge on any atom is 0.416 e. The molecule has 42 heavy (non-hydrogen) atoms. The third-order valence-electron chi connectivity index (χ3n) is 7.71. The molecule has 0 unspecified atom stereocenters. The number of ketones is 1. The summed E-state index contributed by atoms with van der Waals surface area (Å²) in [5.41, 5.74) is 3.34. The van der Waals surface area contributed by atoms with E-state index in [9.17, 15) is 22.8 Å². The number of carbonyl (C=O) groups excluding carboxylic acids is 2. The molecule has 1 heterocycles. The van der Waals surface area contributed by atoms with Crippen LogP contribution in [0.15, 0.2) is 66.7 Å². The van der Waals surface area contributed by atoms with Gasteiger partial charge in [-0.05, 0) is 79.8 Å².